The van der Waals surface area contributed by atoms with E-state index in [1.807, 2.05) is 0 Å². The van der Waals surface area contributed by atoms with E-state index in [0.717, 1.165) is 12.7 Å². The molecule has 6 heteroatoms. The zero-order valence-electron chi connectivity index (χ0n) is 11.6. The lowest BCUT2D eigenvalue weighted by molar-refractivity contribution is 0.0510. The molecule has 0 aliphatic carbocycles. The molecule has 5 nitrogen and oxygen atoms in total. The van der Waals surface area contributed by atoms with Crippen LogP contribution >= 0.6 is 0 Å². The molecule has 0 fully saturated rings. The molecular weight excluding hydrogens is 248 g/mol. The molecule has 0 aromatic carbocycles. The third-order valence-electron chi connectivity index (χ3n) is 2.35. The van der Waals surface area contributed by atoms with Gasteiger partial charge in [0.25, 0.3) is 0 Å². The molecule has 0 saturated heterocycles. The molecule has 0 aliphatic heterocycles. The minimum Gasteiger partial charge on any atom is -0.461 e. The van der Waals surface area contributed by atoms with Crippen LogP contribution < -0.4 is 0 Å². The molecule has 1 aromatic heterocycles. The highest BCUT2D eigenvalue weighted by atomic mass is 28.3. The first-order chi connectivity index (χ1) is 8.42. The Morgan fingerprint density at radius 3 is 2.78 bits per heavy atom. The Kier molecular flexibility index (Phi) is 5.55. The van der Waals surface area contributed by atoms with Gasteiger partial charge < -0.3 is 9.47 Å². The van der Waals surface area contributed by atoms with Crippen molar-refractivity contribution >= 4 is 14.0 Å². The molecular formula is C12H22N2O3Si. The second-order valence-corrected chi connectivity index (χ2v) is 10.9. The highest BCUT2D eigenvalue weighted by Crippen LogP contribution is 2.07. The molecule has 0 spiro atoms. The van der Waals surface area contributed by atoms with Crippen LogP contribution in [-0.2, 0) is 16.2 Å². The molecule has 0 saturated carbocycles. The minimum atomic E-state index is -1.05. The standard InChI is InChI=1S/C12H22N2O3Si/c1-5-17-12(15)11-6-7-14(13-11)10-16-8-9-18(2,3)4/h6-7H,5,8-10H2,1-4H3. The fraction of sp³-hybridized carbons (Fsp3) is 0.667. The fourth-order valence-corrected chi connectivity index (χ4v) is 2.04. The molecule has 0 radical (unpaired) electrons. The molecule has 18 heavy (non-hydrogen) atoms. The van der Waals surface area contributed by atoms with Crippen LogP contribution in [0.1, 0.15) is 17.4 Å². The van der Waals surface area contributed by atoms with Crippen LogP contribution in [0.2, 0.25) is 25.7 Å². The van der Waals surface area contributed by atoms with Crippen LogP contribution in [-0.4, -0.2) is 37.0 Å². The van der Waals surface area contributed by atoms with E-state index in [4.69, 9.17) is 9.47 Å². The largest absolute Gasteiger partial charge is 0.461 e. The van der Waals surface area contributed by atoms with Gasteiger partial charge in [0.2, 0.25) is 0 Å². The summed E-state index contributed by atoms with van der Waals surface area (Å²) in [6.45, 7) is 10.2. The van der Waals surface area contributed by atoms with E-state index in [-0.39, 0.29) is 0 Å². The smallest absolute Gasteiger partial charge is 0.358 e. The lowest BCUT2D eigenvalue weighted by Crippen LogP contribution is -2.22. The fourth-order valence-electron chi connectivity index (χ4n) is 1.28. The van der Waals surface area contributed by atoms with Gasteiger partial charge in [0.15, 0.2) is 5.69 Å². The SMILES string of the molecule is CCOC(=O)c1ccn(COCC[Si](C)(C)C)n1. The van der Waals surface area contributed by atoms with Gasteiger partial charge in [0, 0.05) is 20.9 Å². The summed E-state index contributed by atoms with van der Waals surface area (Å²) in [5.74, 6) is -0.390. The van der Waals surface area contributed by atoms with Crippen LogP contribution in [0.15, 0.2) is 12.3 Å². The molecule has 1 heterocycles. The van der Waals surface area contributed by atoms with Crippen molar-refractivity contribution in [2.45, 2.75) is 39.3 Å². The van der Waals surface area contributed by atoms with E-state index in [0.29, 0.717) is 19.0 Å². The Bertz CT molecular complexity index is 385. The van der Waals surface area contributed by atoms with E-state index >= 15 is 0 Å². The zero-order chi connectivity index (χ0) is 13.6. The van der Waals surface area contributed by atoms with E-state index in [1.165, 1.54) is 0 Å². The third-order valence-corrected chi connectivity index (χ3v) is 4.05. The van der Waals surface area contributed by atoms with Gasteiger partial charge in [-0.05, 0) is 19.0 Å². The number of carbonyl (C=O) groups is 1. The van der Waals surface area contributed by atoms with Crippen molar-refractivity contribution in [3.05, 3.63) is 18.0 Å². The molecule has 0 atom stereocenters. The van der Waals surface area contributed by atoms with Crippen LogP contribution in [0.5, 0.6) is 0 Å². The summed E-state index contributed by atoms with van der Waals surface area (Å²) in [7, 11) is -1.05. The summed E-state index contributed by atoms with van der Waals surface area (Å²) in [5, 5.41) is 4.09. The lowest BCUT2D eigenvalue weighted by Gasteiger charge is -2.15. The first-order valence-electron chi connectivity index (χ1n) is 6.20. The van der Waals surface area contributed by atoms with Gasteiger partial charge in [-0.1, -0.05) is 19.6 Å². The van der Waals surface area contributed by atoms with E-state index in [9.17, 15) is 4.79 Å². The number of carbonyl (C=O) groups excluding carboxylic acids is 1. The Labute approximate surface area is 109 Å². The maximum absolute atomic E-state index is 11.4. The highest BCUT2D eigenvalue weighted by Gasteiger charge is 2.13. The summed E-state index contributed by atoms with van der Waals surface area (Å²) in [4.78, 5) is 11.4. The first kappa shape index (κ1) is 14.9. The van der Waals surface area contributed by atoms with E-state index < -0.39 is 14.0 Å². The Morgan fingerprint density at radius 1 is 1.44 bits per heavy atom. The molecule has 1 rings (SSSR count). The summed E-state index contributed by atoms with van der Waals surface area (Å²) in [6, 6.07) is 2.76. The number of aromatic nitrogens is 2. The van der Waals surface area contributed by atoms with Crippen LogP contribution in [0.4, 0.5) is 0 Å². The number of hydrogen-bond acceptors (Lipinski definition) is 4. The lowest BCUT2D eigenvalue weighted by atomic mass is 10.4. The number of rotatable bonds is 7. The van der Waals surface area contributed by atoms with Crippen molar-refractivity contribution in [3.63, 3.8) is 0 Å². The highest BCUT2D eigenvalue weighted by molar-refractivity contribution is 6.76. The Hall–Kier alpha value is -1.14. The second kappa shape index (κ2) is 6.70. The molecule has 0 N–H and O–H groups in total. The number of esters is 1. The quantitative estimate of drug-likeness (QED) is 0.433. The predicted molar refractivity (Wildman–Crippen MR) is 72.3 cm³/mol. The summed E-state index contributed by atoms with van der Waals surface area (Å²) >= 11 is 0. The van der Waals surface area contributed by atoms with Crippen molar-refractivity contribution in [2.24, 2.45) is 0 Å². The zero-order valence-corrected chi connectivity index (χ0v) is 12.6. The maximum Gasteiger partial charge on any atom is 0.358 e. The van der Waals surface area contributed by atoms with Gasteiger partial charge >= 0.3 is 5.97 Å². The number of nitrogens with zero attached hydrogens (tertiary/aromatic N) is 2. The first-order valence-corrected chi connectivity index (χ1v) is 9.91. The molecule has 0 bridgehead atoms. The summed E-state index contributed by atoms with van der Waals surface area (Å²) in [5.41, 5.74) is 0.325. The van der Waals surface area contributed by atoms with E-state index in [2.05, 4.69) is 24.7 Å². The van der Waals surface area contributed by atoms with Gasteiger partial charge in [-0.15, -0.1) is 0 Å². The van der Waals surface area contributed by atoms with Crippen molar-refractivity contribution in [3.8, 4) is 0 Å². The van der Waals surface area contributed by atoms with Gasteiger partial charge in [0.1, 0.15) is 6.73 Å². The number of hydrogen-bond donors (Lipinski definition) is 0. The molecule has 0 amide bonds. The predicted octanol–water partition coefficient (Wildman–Crippen LogP) is 2.37. The topological polar surface area (TPSA) is 53.4 Å². The molecule has 102 valence electrons. The maximum atomic E-state index is 11.4. The number of ether oxygens (including phenoxy) is 2. The van der Waals surface area contributed by atoms with Gasteiger partial charge in [0.05, 0.1) is 6.61 Å². The van der Waals surface area contributed by atoms with Crippen LogP contribution in [0.3, 0.4) is 0 Å². The second-order valence-electron chi connectivity index (χ2n) is 5.31. The van der Waals surface area contributed by atoms with Crippen molar-refractivity contribution < 1.29 is 14.3 Å². The molecule has 0 unspecified atom stereocenters. The molecule has 1 aromatic rings. The van der Waals surface area contributed by atoms with Gasteiger partial charge in [-0.25, -0.2) is 9.48 Å². The average Bonchev–Trinajstić information content (AvgIpc) is 2.72. The van der Waals surface area contributed by atoms with Gasteiger partial charge in [-0.3, -0.25) is 0 Å². The summed E-state index contributed by atoms with van der Waals surface area (Å²) < 4.78 is 12.0. The third kappa shape index (κ3) is 5.46. The van der Waals surface area contributed by atoms with Gasteiger partial charge in [-0.2, -0.15) is 5.10 Å². The average molecular weight is 270 g/mol. The Morgan fingerprint density at radius 2 is 2.17 bits per heavy atom. The van der Waals surface area contributed by atoms with E-state index in [1.54, 1.807) is 23.9 Å². The monoisotopic (exact) mass is 270 g/mol. The van der Waals surface area contributed by atoms with Crippen molar-refractivity contribution in [1.29, 1.82) is 0 Å². The normalized spacial score (nSPS) is 11.6. The molecule has 0 aliphatic rings. The minimum absolute atomic E-state index is 0.325. The van der Waals surface area contributed by atoms with Crippen molar-refractivity contribution in [1.82, 2.24) is 9.78 Å². The van der Waals surface area contributed by atoms with Crippen LogP contribution in [0, 0.1) is 0 Å². The Balaban J connectivity index is 2.33. The van der Waals surface area contributed by atoms with Crippen molar-refractivity contribution in [2.75, 3.05) is 13.2 Å². The van der Waals surface area contributed by atoms with Crippen LogP contribution in [0.25, 0.3) is 0 Å². The summed E-state index contributed by atoms with van der Waals surface area (Å²) in [6.07, 6.45) is 1.72.